The van der Waals surface area contributed by atoms with Crippen molar-refractivity contribution in [3.05, 3.63) is 76.0 Å². The number of nitrogens with one attached hydrogen (secondary N) is 1. The molecule has 0 heterocycles. The van der Waals surface area contributed by atoms with Gasteiger partial charge in [-0.25, -0.2) is 0 Å². The lowest BCUT2D eigenvalue weighted by Crippen LogP contribution is -1.98. The summed E-state index contributed by atoms with van der Waals surface area (Å²) in [6.07, 6.45) is 3.18. The van der Waals surface area contributed by atoms with Gasteiger partial charge in [0.15, 0.2) is 5.78 Å². The molecule has 1 N–H and O–H groups in total. The molecule has 0 aliphatic rings. The van der Waals surface area contributed by atoms with Crippen LogP contribution in [0.4, 0.5) is 5.69 Å². The van der Waals surface area contributed by atoms with Gasteiger partial charge >= 0.3 is 0 Å². The van der Waals surface area contributed by atoms with Gasteiger partial charge in [0.05, 0.1) is 0 Å². The average molecular weight is 300 g/mol. The lowest BCUT2D eigenvalue weighted by molar-refractivity contribution is 0.104. The molecule has 0 aliphatic carbocycles. The van der Waals surface area contributed by atoms with Gasteiger partial charge in [-0.3, -0.25) is 4.79 Å². The van der Waals surface area contributed by atoms with Crippen molar-refractivity contribution in [2.45, 2.75) is 20.8 Å². The van der Waals surface area contributed by atoms with Gasteiger partial charge in [0.25, 0.3) is 0 Å². The van der Waals surface area contributed by atoms with Gasteiger partial charge in [-0.05, 0) is 55.7 Å². The molecule has 0 unspecified atom stereocenters. The number of carbonyl (C=O) groups excluding carboxylic acids is 1. The first kappa shape index (κ1) is 15.3. The van der Waals surface area contributed by atoms with Crippen molar-refractivity contribution < 1.29 is 4.79 Å². The highest BCUT2D eigenvalue weighted by Crippen LogP contribution is 2.20. The molecule has 0 spiro atoms. The van der Waals surface area contributed by atoms with Crippen LogP contribution >= 0.6 is 11.6 Å². The van der Waals surface area contributed by atoms with Crippen LogP contribution in [0.3, 0.4) is 0 Å². The number of anilines is 1. The SMILES string of the molecule is Cc1ccc(C(=O)C=CNc2cc(Cl)ccc2C)cc1C. The standard InChI is InChI=1S/C18H18ClNO/c1-12-4-6-15(10-14(12)3)18(21)8-9-20-17-11-16(19)7-5-13(17)2/h4-11,20H,1-3H3. The fraction of sp³-hybridized carbons (Fsp3) is 0.167. The van der Waals surface area contributed by atoms with Crippen molar-refractivity contribution in [1.29, 1.82) is 0 Å². The quantitative estimate of drug-likeness (QED) is 0.630. The van der Waals surface area contributed by atoms with E-state index in [1.807, 2.05) is 57.2 Å². The zero-order chi connectivity index (χ0) is 15.4. The van der Waals surface area contributed by atoms with Crippen LogP contribution < -0.4 is 5.32 Å². The monoisotopic (exact) mass is 299 g/mol. The molecule has 0 aromatic heterocycles. The number of carbonyl (C=O) groups is 1. The number of benzene rings is 2. The van der Waals surface area contributed by atoms with Gasteiger partial charge in [-0.15, -0.1) is 0 Å². The number of ketones is 1. The molecular formula is C18H18ClNO. The highest BCUT2D eigenvalue weighted by molar-refractivity contribution is 6.30. The van der Waals surface area contributed by atoms with E-state index in [-0.39, 0.29) is 5.78 Å². The van der Waals surface area contributed by atoms with Gasteiger partial charge in [0.1, 0.15) is 0 Å². The van der Waals surface area contributed by atoms with E-state index in [0.29, 0.717) is 10.6 Å². The van der Waals surface area contributed by atoms with Crippen LogP contribution in [0, 0.1) is 20.8 Å². The second kappa shape index (κ2) is 6.59. The maximum absolute atomic E-state index is 12.1. The molecule has 0 amide bonds. The van der Waals surface area contributed by atoms with Gasteiger partial charge in [0, 0.05) is 28.5 Å². The number of hydrogen-bond acceptors (Lipinski definition) is 2. The van der Waals surface area contributed by atoms with Crippen LogP contribution in [0.5, 0.6) is 0 Å². The average Bonchev–Trinajstić information content (AvgIpc) is 2.45. The summed E-state index contributed by atoms with van der Waals surface area (Å²) < 4.78 is 0. The Kier molecular flexibility index (Phi) is 4.81. The Balaban J connectivity index is 2.08. The third-order valence-corrected chi connectivity index (χ3v) is 3.70. The topological polar surface area (TPSA) is 29.1 Å². The first-order valence-corrected chi connectivity index (χ1v) is 7.16. The van der Waals surface area contributed by atoms with Crippen molar-refractivity contribution >= 4 is 23.1 Å². The normalized spacial score (nSPS) is 10.9. The van der Waals surface area contributed by atoms with E-state index in [1.54, 1.807) is 6.20 Å². The predicted octanol–water partition coefficient (Wildman–Crippen LogP) is 5.07. The van der Waals surface area contributed by atoms with E-state index in [4.69, 9.17) is 11.6 Å². The first-order valence-electron chi connectivity index (χ1n) is 6.78. The van der Waals surface area contributed by atoms with Crippen molar-refractivity contribution in [3.63, 3.8) is 0 Å². The summed E-state index contributed by atoms with van der Waals surface area (Å²) >= 11 is 5.96. The molecule has 2 rings (SSSR count). The number of halogens is 1. The lowest BCUT2D eigenvalue weighted by Gasteiger charge is -2.06. The van der Waals surface area contributed by atoms with Gasteiger partial charge < -0.3 is 5.32 Å². The zero-order valence-electron chi connectivity index (χ0n) is 12.4. The Morgan fingerprint density at radius 2 is 1.71 bits per heavy atom. The summed E-state index contributed by atoms with van der Waals surface area (Å²) in [4.78, 5) is 12.1. The van der Waals surface area contributed by atoms with Crippen molar-refractivity contribution in [2.75, 3.05) is 5.32 Å². The minimum atomic E-state index is -0.0229. The third kappa shape index (κ3) is 3.96. The molecule has 0 aliphatic heterocycles. The smallest absolute Gasteiger partial charge is 0.187 e. The van der Waals surface area contributed by atoms with Crippen molar-refractivity contribution in [1.82, 2.24) is 0 Å². The molecule has 2 aromatic rings. The van der Waals surface area contributed by atoms with E-state index < -0.39 is 0 Å². The van der Waals surface area contributed by atoms with Crippen LogP contribution in [-0.4, -0.2) is 5.78 Å². The Labute approximate surface area is 130 Å². The Hall–Kier alpha value is -2.06. The summed E-state index contributed by atoms with van der Waals surface area (Å²) in [5, 5.41) is 3.76. The van der Waals surface area contributed by atoms with Crippen molar-refractivity contribution in [3.8, 4) is 0 Å². The highest BCUT2D eigenvalue weighted by Gasteiger charge is 2.03. The van der Waals surface area contributed by atoms with E-state index in [2.05, 4.69) is 5.32 Å². The molecule has 21 heavy (non-hydrogen) atoms. The van der Waals surface area contributed by atoms with Crippen LogP contribution in [0.2, 0.25) is 5.02 Å². The molecule has 0 saturated heterocycles. The molecule has 0 radical (unpaired) electrons. The Morgan fingerprint density at radius 3 is 2.43 bits per heavy atom. The van der Waals surface area contributed by atoms with Gasteiger partial charge in [-0.1, -0.05) is 29.8 Å². The van der Waals surface area contributed by atoms with Crippen molar-refractivity contribution in [2.24, 2.45) is 0 Å². The zero-order valence-corrected chi connectivity index (χ0v) is 13.2. The summed E-state index contributed by atoms with van der Waals surface area (Å²) in [5.74, 6) is -0.0229. The van der Waals surface area contributed by atoms with Crippen LogP contribution in [0.25, 0.3) is 0 Å². The number of allylic oxidation sites excluding steroid dienone is 1. The molecule has 0 saturated carbocycles. The summed E-state index contributed by atoms with van der Waals surface area (Å²) in [6.45, 7) is 6.02. The molecule has 0 fully saturated rings. The largest absolute Gasteiger partial charge is 0.361 e. The maximum atomic E-state index is 12.1. The first-order chi connectivity index (χ1) is 9.97. The number of hydrogen-bond donors (Lipinski definition) is 1. The fourth-order valence-electron chi connectivity index (χ4n) is 1.95. The molecule has 2 aromatic carbocycles. The second-order valence-corrected chi connectivity index (χ2v) is 5.54. The molecule has 3 heteroatoms. The van der Waals surface area contributed by atoms with E-state index in [9.17, 15) is 4.79 Å². The summed E-state index contributed by atoms with van der Waals surface area (Å²) in [7, 11) is 0. The molecular weight excluding hydrogens is 282 g/mol. The number of aryl methyl sites for hydroxylation is 3. The second-order valence-electron chi connectivity index (χ2n) is 5.10. The predicted molar refractivity (Wildman–Crippen MR) is 89.2 cm³/mol. The van der Waals surface area contributed by atoms with Crippen LogP contribution in [0.15, 0.2) is 48.7 Å². The van der Waals surface area contributed by atoms with Crippen LogP contribution in [-0.2, 0) is 0 Å². The number of rotatable bonds is 4. The third-order valence-electron chi connectivity index (χ3n) is 3.46. The molecule has 0 atom stereocenters. The highest BCUT2D eigenvalue weighted by atomic mass is 35.5. The minimum absolute atomic E-state index is 0.0229. The van der Waals surface area contributed by atoms with Crippen LogP contribution in [0.1, 0.15) is 27.0 Å². The van der Waals surface area contributed by atoms with Gasteiger partial charge in [0.2, 0.25) is 0 Å². The fourth-order valence-corrected chi connectivity index (χ4v) is 2.12. The maximum Gasteiger partial charge on any atom is 0.187 e. The van der Waals surface area contributed by atoms with E-state index in [0.717, 1.165) is 16.8 Å². The Bertz CT molecular complexity index is 704. The molecule has 108 valence electrons. The van der Waals surface area contributed by atoms with Gasteiger partial charge in [-0.2, -0.15) is 0 Å². The summed E-state index contributed by atoms with van der Waals surface area (Å²) in [6, 6.07) is 11.3. The minimum Gasteiger partial charge on any atom is -0.361 e. The van der Waals surface area contributed by atoms with E-state index in [1.165, 1.54) is 11.6 Å². The molecule has 0 bridgehead atoms. The Morgan fingerprint density at radius 1 is 1.00 bits per heavy atom. The lowest BCUT2D eigenvalue weighted by atomic mass is 10.0. The summed E-state index contributed by atoms with van der Waals surface area (Å²) in [5.41, 5.74) is 4.96. The van der Waals surface area contributed by atoms with E-state index >= 15 is 0 Å². The molecule has 2 nitrogen and oxygen atoms in total.